The summed E-state index contributed by atoms with van der Waals surface area (Å²) in [7, 11) is 2.07. The van der Waals surface area contributed by atoms with E-state index in [1.54, 1.807) is 12.3 Å². The van der Waals surface area contributed by atoms with Crippen molar-refractivity contribution >= 4 is 5.95 Å². The number of rotatable bonds is 2. The molecule has 2 aromatic rings. The molecule has 0 radical (unpaired) electrons. The summed E-state index contributed by atoms with van der Waals surface area (Å²) in [4.78, 5) is 10.7. The average molecular weight is 272 g/mol. The highest BCUT2D eigenvalue weighted by Gasteiger charge is 2.27. The van der Waals surface area contributed by atoms with Crippen LogP contribution in [0.5, 0.6) is 0 Å². The van der Waals surface area contributed by atoms with Crippen LogP contribution in [0.3, 0.4) is 0 Å². The number of halogens is 1. The summed E-state index contributed by atoms with van der Waals surface area (Å²) in [6, 6.07) is 6.73. The molecule has 1 aromatic heterocycles. The largest absolute Gasteiger partial charge is 0.368 e. The molecule has 1 unspecified atom stereocenters. The van der Waals surface area contributed by atoms with Crippen LogP contribution in [0.4, 0.5) is 10.3 Å². The topological polar surface area (TPSA) is 55.0 Å². The summed E-state index contributed by atoms with van der Waals surface area (Å²) in [5, 5.41) is 0. The van der Waals surface area contributed by atoms with Crippen molar-refractivity contribution in [2.45, 2.75) is 18.9 Å². The lowest BCUT2D eigenvalue weighted by Crippen LogP contribution is -2.20. The molecule has 0 saturated carbocycles. The van der Waals surface area contributed by atoms with Crippen molar-refractivity contribution in [1.29, 1.82) is 0 Å². The zero-order chi connectivity index (χ0) is 14.1. The van der Waals surface area contributed by atoms with Crippen molar-refractivity contribution in [1.82, 2.24) is 14.9 Å². The maximum Gasteiger partial charge on any atom is 0.220 e. The average Bonchev–Trinajstić information content (AvgIpc) is 2.85. The minimum atomic E-state index is -0.259. The van der Waals surface area contributed by atoms with E-state index in [9.17, 15) is 4.39 Å². The molecule has 1 saturated heterocycles. The number of nitrogens with zero attached hydrogens (tertiary/aromatic N) is 3. The Morgan fingerprint density at radius 3 is 2.95 bits per heavy atom. The molecule has 0 amide bonds. The second-order valence-corrected chi connectivity index (χ2v) is 5.18. The van der Waals surface area contributed by atoms with E-state index in [0.29, 0.717) is 0 Å². The van der Waals surface area contributed by atoms with Crippen LogP contribution in [0.2, 0.25) is 0 Å². The first-order chi connectivity index (χ1) is 9.65. The van der Waals surface area contributed by atoms with Gasteiger partial charge >= 0.3 is 0 Å². The molecule has 0 aliphatic carbocycles. The number of hydrogen-bond acceptors (Lipinski definition) is 4. The molecular weight excluding hydrogens is 255 g/mol. The van der Waals surface area contributed by atoms with Crippen LogP contribution in [0.25, 0.3) is 11.1 Å². The van der Waals surface area contributed by atoms with Crippen molar-refractivity contribution in [3.05, 3.63) is 42.0 Å². The fourth-order valence-electron chi connectivity index (χ4n) is 2.80. The van der Waals surface area contributed by atoms with Gasteiger partial charge in [0.1, 0.15) is 5.82 Å². The van der Waals surface area contributed by atoms with E-state index in [1.807, 2.05) is 6.07 Å². The normalized spacial score (nSPS) is 19.4. The van der Waals surface area contributed by atoms with E-state index in [-0.39, 0.29) is 17.8 Å². The summed E-state index contributed by atoms with van der Waals surface area (Å²) in [5.74, 6) is 0.00510. The van der Waals surface area contributed by atoms with Crippen molar-refractivity contribution in [3.63, 3.8) is 0 Å². The summed E-state index contributed by atoms with van der Waals surface area (Å²) < 4.78 is 13.4. The predicted octanol–water partition coefficient (Wildman–Crippen LogP) is 2.63. The number of nitrogen functional groups attached to an aromatic ring is 1. The monoisotopic (exact) mass is 272 g/mol. The third-order valence-corrected chi connectivity index (χ3v) is 3.81. The van der Waals surface area contributed by atoms with Crippen LogP contribution in [0.15, 0.2) is 30.5 Å². The van der Waals surface area contributed by atoms with Crippen LogP contribution < -0.4 is 5.73 Å². The lowest BCUT2D eigenvalue weighted by Gasteiger charge is -2.21. The van der Waals surface area contributed by atoms with Gasteiger partial charge < -0.3 is 5.73 Å². The number of benzene rings is 1. The summed E-state index contributed by atoms with van der Waals surface area (Å²) in [6.45, 7) is 1.04. The third kappa shape index (κ3) is 2.36. The molecule has 1 atom stereocenters. The van der Waals surface area contributed by atoms with Crippen molar-refractivity contribution in [3.8, 4) is 11.1 Å². The molecule has 4 nitrogen and oxygen atoms in total. The van der Waals surface area contributed by atoms with Gasteiger partial charge in [0, 0.05) is 11.8 Å². The lowest BCUT2D eigenvalue weighted by atomic mass is 10.00. The Morgan fingerprint density at radius 2 is 2.25 bits per heavy atom. The number of aromatic nitrogens is 2. The molecule has 0 bridgehead atoms. The van der Waals surface area contributed by atoms with Crippen LogP contribution >= 0.6 is 0 Å². The third-order valence-electron chi connectivity index (χ3n) is 3.81. The molecule has 2 heterocycles. The molecule has 1 aliphatic heterocycles. The molecule has 2 N–H and O–H groups in total. The summed E-state index contributed by atoms with van der Waals surface area (Å²) in [6.07, 6.45) is 3.86. The van der Waals surface area contributed by atoms with Crippen molar-refractivity contribution in [2.24, 2.45) is 0 Å². The Hall–Kier alpha value is -2.01. The molecule has 1 aliphatic rings. The maximum absolute atomic E-state index is 13.4. The molecular formula is C15H17FN4. The van der Waals surface area contributed by atoms with Gasteiger partial charge in [-0.3, -0.25) is 4.90 Å². The minimum Gasteiger partial charge on any atom is -0.368 e. The van der Waals surface area contributed by atoms with Gasteiger partial charge in [-0.15, -0.1) is 0 Å². The van der Waals surface area contributed by atoms with Gasteiger partial charge in [0.25, 0.3) is 0 Å². The molecule has 1 aromatic carbocycles. The number of nitrogens with two attached hydrogens (primary N) is 1. The smallest absolute Gasteiger partial charge is 0.220 e. The molecule has 104 valence electrons. The standard InChI is InChI=1S/C15H17FN4/c1-20-7-3-6-13(20)14-12(9-18-15(17)19-14)10-4-2-5-11(16)8-10/h2,4-5,8-9,13H,3,6-7H2,1H3,(H2,17,18,19). The quantitative estimate of drug-likeness (QED) is 0.913. The first-order valence-corrected chi connectivity index (χ1v) is 6.74. The van der Waals surface area contributed by atoms with Gasteiger partial charge in [-0.05, 0) is 44.1 Å². The zero-order valence-electron chi connectivity index (χ0n) is 11.4. The van der Waals surface area contributed by atoms with Crippen LogP contribution in [0.1, 0.15) is 24.6 Å². The SMILES string of the molecule is CN1CCCC1c1nc(N)ncc1-c1cccc(F)c1. The fraction of sp³-hybridized carbons (Fsp3) is 0.333. The lowest BCUT2D eigenvalue weighted by molar-refractivity contribution is 0.312. The molecule has 20 heavy (non-hydrogen) atoms. The molecule has 1 fully saturated rings. The number of anilines is 1. The van der Waals surface area contributed by atoms with Gasteiger partial charge in [0.05, 0.1) is 11.7 Å². The van der Waals surface area contributed by atoms with Crippen LogP contribution in [-0.4, -0.2) is 28.5 Å². The van der Waals surface area contributed by atoms with Gasteiger partial charge in [0.2, 0.25) is 5.95 Å². The highest BCUT2D eigenvalue weighted by Crippen LogP contribution is 2.35. The maximum atomic E-state index is 13.4. The second-order valence-electron chi connectivity index (χ2n) is 5.18. The first kappa shape index (κ1) is 13.0. The van der Waals surface area contributed by atoms with E-state index >= 15 is 0 Å². The minimum absolute atomic E-state index is 0.221. The number of likely N-dealkylation sites (tertiary alicyclic amines) is 1. The van der Waals surface area contributed by atoms with Gasteiger partial charge in [0.15, 0.2) is 0 Å². The highest BCUT2D eigenvalue weighted by molar-refractivity contribution is 5.66. The Labute approximate surface area is 117 Å². The van der Waals surface area contributed by atoms with E-state index < -0.39 is 0 Å². The molecule has 3 rings (SSSR count). The van der Waals surface area contributed by atoms with E-state index in [0.717, 1.165) is 36.2 Å². The number of hydrogen-bond donors (Lipinski definition) is 1. The Kier molecular flexibility index (Phi) is 3.36. The molecule has 5 heteroatoms. The van der Waals surface area contributed by atoms with Crippen molar-refractivity contribution < 1.29 is 4.39 Å². The fourth-order valence-corrected chi connectivity index (χ4v) is 2.80. The summed E-state index contributed by atoms with van der Waals surface area (Å²) in [5.41, 5.74) is 8.28. The second kappa shape index (κ2) is 5.17. The van der Waals surface area contributed by atoms with Gasteiger partial charge in [-0.25, -0.2) is 14.4 Å². The van der Waals surface area contributed by atoms with E-state index in [4.69, 9.17) is 5.73 Å². The van der Waals surface area contributed by atoms with E-state index in [1.165, 1.54) is 12.1 Å². The molecule has 0 spiro atoms. The van der Waals surface area contributed by atoms with Crippen LogP contribution in [0, 0.1) is 5.82 Å². The van der Waals surface area contributed by atoms with Gasteiger partial charge in [-0.1, -0.05) is 12.1 Å². The Balaban J connectivity index is 2.11. The summed E-state index contributed by atoms with van der Waals surface area (Å²) >= 11 is 0. The Bertz CT molecular complexity index is 629. The van der Waals surface area contributed by atoms with Crippen molar-refractivity contribution in [2.75, 3.05) is 19.3 Å². The van der Waals surface area contributed by atoms with Gasteiger partial charge in [-0.2, -0.15) is 0 Å². The Morgan fingerprint density at radius 1 is 1.40 bits per heavy atom. The van der Waals surface area contributed by atoms with Crippen LogP contribution in [-0.2, 0) is 0 Å². The van der Waals surface area contributed by atoms with E-state index in [2.05, 4.69) is 21.9 Å². The predicted molar refractivity (Wildman–Crippen MR) is 76.4 cm³/mol. The highest BCUT2D eigenvalue weighted by atomic mass is 19.1. The first-order valence-electron chi connectivity index (χ1n) is 6.74. The zero-order valence-corrected chi connectivity index (χ0v) is 11.4.